The first-order chi connectivity index (χ1) is 8.61. The number of halogens is 1. The van der Waals surface area contributed by atoms with E-state index in [-0.39, 0.29) is 18.2 Å². The summed E-state index contributed by atoms with van der Waals surface area (Å²) in [6.07, 6.45) is 1.92. The molecule has 3 atom stereocenters. The van der Waals surface area contributed by atoms with Gasteiger partial charge in [0.1, 0.15) is 18.0 Å². The average molecular weight is 270 g/mol. The maximum atomic E-state index is 5.95. The van der Waals surface area contributed by atoms with E-state index in [9.17, 15) is 0 Å². The van der Waals surface area contributed by atoms with Gasteiger partial charge in [-0.05, 0) is 37.1 Å². The van der Waals surface area contributed by atoms with Crippen LogP contribution in [0.2, 0.25) is 5.02 Å². The predicted molar refractivity (Wildman–Crippen MR) is 73.2 cm³/mol. The van der Waals surface area contributed by atoms with Gasteiger partial charge in [-0.15, -0.1) is 0 Å². The molecule has 100 valence electrons. The van der Waals surface area contributed by atoms with E-state index in [1.54, 1.807) is 0 Å². The predicted octanol–water partition coefficient (Wildman–Crippen LogP) is 2.92. The van der Waals surface area contributed by atoms with Crippen molar-refractivity contribution in [3.63, 3.8) is 0 Å². The first kappa shape index (κ1) is 13.7. The summed E-state index contributed by atoms with van der Waals surface area (Å²) in [5, 5.41) is 0.726. The van der Waals surface area contributed by atoms with Gasteiger partial charge in [-0.3, -0.25) is 0 Å². The molecule has 1 aromatic rings. The van der Waals surface area contributed by atoms with Gasteiger partial charge in [0.15, 0.2) is 0 Å². The van der Waals surface area contributed by atoms with Crippen LogP contribution >= 0.6 is 11.6 Å². The summed E-state index contributed by atoms with van der Waals surface area (Å²) in [4.78, 5) is 0. The van der Waals surface area contributed by atoms with E-state index in [2.05, 4.69) is 6.92 Å². The van der Waals surface area contributed by atoms with E-state index in [1.807, 2.05) is 25.1 Å². The van der Waals surface area contributed by atoms with Gasteiger partial charge in [-0.25, -0.2) is 0 Å². The largest absolute Gasteiger partial charge is 0.487 e. The second-order valence-electron chi connectivity index (χ2n) is 4.80. The highest BCUT2D eigenvalue weighted by molar-refractivity contribution is 6.30. The number of rotatable bonds is 5. The van der Waals surface area contributed by atoms with Gasteiger partial charge in [-0.2, -0.15) is 0 Å². The molecule has 1 aliphatic rings. The summed E-state index contributed by atoms with van der Waals surface area (Å²) < 4.78 is 11.7. The molecular formula is C14H20ClNO2. The first-order valence-electron chi connectivity index (χ1n) is 6.41. The third kappa shape index (κ3) is 2.97. The number of aryl methyl sites for hydroxylation is 1. The normalized spacial score (nSPS) is 26.8. The molecule has 1 saturated carbocycles. The van der Waals surface area contributed by atoms with E-state index in [1.165, 1.54) is 0 Å². The Kier molecular flexibility index (Phi) is 4.49. The summed E-state index contributed by atoms with van der Waals surface area (Å²) in [7, 11) is 0. The molecule has 4 heteroatoms. The third-order valence-corrected chi connectivity index (χ3v) is 3.46. The van der Waals surface area contributed by atoms with E-state index in [0.717, 1.165) is 35.8 Å². The van der Waals surface area contributed by atoms with Crippen molar-refractivity contribution in [1.29, 1.82) is 0 Å². The molecular weight excluding hydrogens is 250 g/mol. The fraction of sp³-hybridized carbons (Fsp3) is 0.571. The lowest BCUT2D eigenvalue weighted by atomic mass is 9.86. The van der Waals surface area contributed by atoms with Gasteiger partial charge in [0.2, 0.25) is 0 Å². The Labute approximate surface area is 113 Å². The van der Waals surface area contributed by atoms with Crippen molar-refractivity contribution >= 4 is 11.6 Å². The van der Waals surface area contributed by atoms with Crippen molar-refractivity contribution in [3.8, 4) is 5.75 Å². The van der Waals surface area contributed by atoms with Gasteiger partial charge in [0, 0.05) is 24.1 Å². The van der Waals surface area contributed by atoms with Crippen LogP contribution in [-0.2, 0) is 4.74 Å². The highest BCUT2D eigenvalue weighted by Crippen LogP contribution is 2.30. The maximum Gasteiger partial charge on any atom is 0.128 e. The van der Waals surface area contributed by atoms with Gasteiger partial charge >= 0.3 is 0 Å². The monoisotopic (exact) mass is 269 g/mol. The van der Waals surface area contributed by atoms with E-state index in [0.29, 0.717) is 0 Å². The lowest BCUT2D eigenvalue weighted by Gasteiger charge is -2.42. The minimum Gasteiger partial charge on any atom is -0.487 e. The molecule has 1 aliphatic carbocycles. The molecule has 0 saturated heterocycles. The molecule has 3 unspecified atom stereocenters. The van der Waals surface area contributed by atoms with Crippen LogP contribution in [0, 0.1) is 6.92 Å². The molecule has 0 amide bonds. The smallest absolute Gasteiger partial charge is 0.128 e. The summed E-state index contributed by atoms with van der Waals surface area (Å²) in [6, 6.07) is 5.73. The minimum absolute atomic E-state index is 0.0139. The van der Waals surface area contributed by atoms with Crippen molar-refractivity contribution in [1.82, 2.24) is 0 Å². The van der Waals surface area contributed by atoms with Crippen molar-refractivity contribution in [2.75, 3.05) is 6.61 Å². The minimum atomic E-state index is 0.0139. The molecule has 2 rings (SSSR count). The van der Waals surface area contributed by atoms with Crippen LogP contribution in [-0.4, -0.2) is 24.9 Å². The van der Waals surface area contributed by atoms with Gasteiger partial charge < -0.3 is 15.2 Å². The second kappa shape index (κ2) is 5.91. The summed E-state index contributed by atoms with van der Waals surface area (Å²) in [5.74, 6) is 0.862. The fourth-order valence-corrected chi connectivity index (χ4v) is 2.35. The first-order valence-corrected chi connectivity index (χ1v) is 6.79. The fourth-order valence-electron chi connectivity index (χ4n) is 2.12. The molecule has 0 heterocycles. The third-order valence-electron chi connectivity index (χ3n) is 3.22. The number of nitrogens with two attached hydrogens (primary N) is 1. The number of hydrogen-bond donors (Lipinski definition) is 1. The maximum absolute atomic E-state index is 5.95. The highest BCUT2D eigenvalue weighted by Gasteiger charge is 2.41. The Morgan fingerprint density at radius 3 is 2.83 bits per heavy atom. The lowest BCUT2D eigenvalue weighted by molar-refractivity contribution is -0.0981. The van der Waals surface area contributed by atoms with Crippen LogP contribution in [0.1, 0.15) is 25.3 Å². The van der Waals surface area contributed by atoms with Crippen LogP contribution < -0.4 is 10.5 Å². The molecule has 0 aliphatic heterocycles. The molecule has 0 aromatic heterocycles. The van der Waals surface area contributed by atoms with Crippen molar-refractivity contribution in [3.05, 3.63) is 28.8 Å². The Hall–Kier alpha value is -0.770. The SMILES string of the molecule is CCCOC1C(N)CC1Oc1ccc(Cl)cc1C. The Morgan fingerprint density at radius 2 is 2.22 bits per heavy atom. The zero-order valence-corrected chi connectivity index (χ0v) is 11.6. The Morgan fingerprint density at radius 1 is 1.44 bits per heavy atom. The zero-order valence-electron chi connectivity index (χ0n) is 10.9. The molecule has 1 aromatic carbocycles. The Balaban J connectivity index is 1.96. The van der Waals surface area contributed by atoms with Crippen molar-refractivity contribution < 1.29 is 9.47 Å². The number of ether oxygens (including phenoxy) is 2. The van der Waals surface area contributed by atoms with E-state index in [4.69, 9.17) is 26.8 Å². The topological polar surface area (TPSA) is 44.5 Å². The number of benzene rings is 1. The molecule has 0 spiro atoms. The molecule has 2 N–H and O–H groups in total. The summed E-state index contributed by atoms with van der Waals surface area (Å²) >= 11 is 5.92. The summed E-state index contributed by atoms with van der Waals surface area (Å²) in [5.41, 5.74) is 6.98. The van der Waals surface area contributed by atoms with Crippen LogP contribution in [0.4, 0.5) is 0 Å². The second-order valence-corrected chi connectivity index (χ2v) is 5.24. The van der Waals surface area contributed by atoms with Crippen LogP contribution in [0.3, 0.4) is 0 Å². The van der Waals surface area contributed by atoms with E-state index >= 15 is 0 Å². The van der Waals surface area contributed by atoms with E-state index < -0.39 is 0 Å². The van der Waals surface area contributed by atoms with Crippen molar-refractivity contribution in [2.45, 2.75) is 44.9 Å². The quantitative estimate of drug-likeness (QED) is 0.894. The van der Waals surface area contributed by atoms with Crippen molar-refractivity contribution in [2.24, 2.45) is 5.73 Å². The molecule has 0 bridgehead atoms. The average Bonchev–Trinajstić information content (AvgIpc) is 2.32. The zero-order chi connectivity index (χ0) is 13.1. The molecule has 1 fully saturated rings. The standard InChI is InChI=1S/C14H20ClNO2/c1-3-6-17-14-11(16)8-13(14)18-12-5-4-10(15)7-9(12)2/h4-5,7,11,13-14H,3,6,8,16H2,1-2H3. The van der Waals surface area contributed by atoms with Crippen LogP contribution in [0.25, 0.3) is 0 Å². The van der Waals surface area contributed by atoms with Gasteiger partial charge in [0.05, 0.1) is 0 Å². The molecule has 0 radical (unpaired) electrons. The van der Waals surface area contributed by atoms with Gasteiger partial charge in [0.25, 0.3) is 0 Å². The lowest BCUT2D eigenvalue weighted by Crippen LogP contribution is -2.59. The Bertz CT molecular complexity index is 411. The molecule has 3 nitrogen and oxygen atoms in total. The van der Waals surface area contributed by atoms with Crippen LogP contribution in [0.15, 0.2) is 18.2 Å². The summed E-state index contributed by atoms with van der Waals surface area (Å²) in [6.45, 7) is 4.81. The van der Waals surface area contributed by atoms with Gasteiger partial charge in [-0.1, -0.05) is 18.5 Å². The number of hydrogen-bond acceptors (Lipinski definition) is 3. The highest BCUT2D eigenvalue weighted by atomic mass is 35.5. The van der Waals surface area contributed by atoms with Crippen LogP contribution in [0.5, 0.6) is 5.75 Å². The molecule has 18 heavy (non-hydrogen) atoms.